The number of ketones is 1. The molecule has 0 aliphatic heterocycles. The molecule has 0 bridgehead atoms. The predicted molar refractivity (Wildman–Crippen MR) is 67.3 cm³/mol. The Labute approximate surface area is 106 Å². The van der Waals surface area contributed by atoms with Crippen molar-refractivity contribution in [1.82, 2.24) is 0 Å². The SMILES string of the molecule is CC1CCC(C(=O)c2ccc(Cl)c(Cl)c2)C1. The molecule has 0 N–H and O–H groups in total. The number of rotatable bonds is 2. The molecule has 2 atom stereocenters. The summed E-state index contributed by atoms with van der Waals surface area (Å²) in [6.07, 6.45) is 3.15. The van der Waals surface area contributed by atoms with Crippen LogP contribution in [0, 0.1) is 11.8 Å². The molecule has 0 heterocycles. The molecule has 2 rings (SSSR count). The highest BCUT2D eigenvalue weighted by Crippen LogP contribution is 2.33. The molecule has 1 aliphatic carbocycles. The van der Waals surface area contributed by atoms with Crippen molar-refractivity contribution in [1.29, 1.82) is 0 Å². The van der Waals surface area contributed by atoms with Gasteiger partial charge in [-0.15, -0.1) is 0 Å². The second-order valence-corrected chi connectivity index (χ2v) is 5.42. The lowest BCUT2D eigenvalue weighted by molar-refractivity contribution is 0.0920. The fourth-order valence-corrected chi connectivity index (χ4v) is 2.63. The van der Waals surface area contributed by atoms with E-state index in [-0.39, 0.29) is 11.7 Å². The van der Waals surface area contributed by atoms with Gasteiger partial charge in [0.05, 0.1) is 10.0 Å². The van der Waals surface area contributed by atoms with Crippen LogP contribution in [0.1, 0.15) is 36.5 Å². The van der Waals surface area contributed by atoms with Crippen molar-refractivity contribution in [2.45, 2.75) is 26.2 Å². The summed E-state index contributed by atoms with van der Waals surface area (Å²) < 4.78 is 0. The Hall–Kier alpha value is -0.530. The van der Waals surface area contributed by atoms with Crippen LogP contribution in [0.15, 0.2) is 18.2 Å². The van der Waals surface area contributed by atoms with E-state index < -0.39 is 0 Å². The zero-order chi connectivity index (χ0) is 11.7. The molecular formula is C13H14Cl2O. The molecular weight excluding hydrogens is 243 g/mol. The van der Waals surface area contributed by atoms with Gasteiger partial charge in [-0.3, -0.25) is 4.79 Å². The third-order valence-electron chi connectivity index (χ3n) is 3.27. The zero-order valence-electron chi connectivity index (χ0n) is 9.17. The highest BCUT2D eigenvalue weighted by molar-refractivity contribution is 6.42. The van der Waals surface area contributed by atoms with Crippen molar-refractivity contribution in [3.8, 4) is 0 Å². The summed E-state index contributed by atoms with van der Waals surface area (Å²) in [7, 11) is 0. The van der Waals surface area contributed by atoms with Crippen LogP contribution in [0.2, 0.25) is 10.0 Å². The fraction of sp³-hybridized carbons (Fsp3) is 0.462. The quantitative estimate of drug-likeness (QED) is 0.707. The van der Waals surface area contributed by atoms with Gasteiger partial charge in [-0.05, 0) is 43.4 Å². The van der Waals surface area contributed by atoms with E-state index in [2.05, 4.69) is 6.92 Å². The van der Waals surface area contributed by atoms with E-state index in [1.807, 2.05) is 0 Å². The van der Waals surface area contributed by atoms with Gasteiger partial charge in [-0.2, -0.15) is 0 Å². The van der Waals surface area contributed by atoms with Gasteiger partial charge < -0.3 is 0 Å². The molecule has 1 aromatic carbocycles. The molecule has 1 aliphatic rings. The average molecular weight is 257 g/mol. The van der Waals surface area contributed by atoms with Crippen LogP contribution in [0.4, 0.5) is 0 Å². The summed E-state index contributed by atoms with van der Waals surface area (Å²) in [6, 6.07) is 5.13. The minimum absolute atomic E-state index is 0.173. The molecule has 0 spiro atoms. The van der Waals surface area contributed by atoms with E-state index in [9.17, 15) is 4.79 Å². The van der Waals surface area contributed by atoms with E-state index in [0.29, 0.717) is 21.5 Å². The number of hydrogen-bond donors (Lipinski definition) is 0. The molecule has 1 aromatic rings. The number of carbonyl (C=O) groups excluding carboxylic acids is 1. The largest absolute Gasteiger partial charge is 0.294 e. The van der Waals surface area contributed by atoms with Crippen molar-refractivity contribution in [2.75, 3.05) is 0 Å². The van der Waals surface area contributed by atoms with Gasteiger partial charge in [-0.1, -0.05) is 30.1 Å². The first kappa shape index (κ1) is 11.9. The van der Waals surface area contributed by atoms with Crippen LogP contribution in [0.25, 0.3) is 0 Å². The fourth-order valence-electron chi connectivity index (χ4n) is 2.33. The van der Waals surface area contributed by atoms with Crippen LogP contribution in [0.5, 0.6) is 0 Å². The van der Waals surface area contributed by atoms with Crippen LogP contribution in [-0.4, -0.2) is 5.78 Å². The van der Waals surface area contributed by atoms with Gasteiger partial charge in [0.2, 0.25) is 0 Å². The summed E-state index contributed by atoms with van der Waals surface area (Å²) in [5, 5.41) is 0.955. The lowest BCUT2D eigenvalue weighted by Gasteiger charge is -2.09. The molecule has 1 saturated carbocycles. The topological polar surface area (TPSA) is 17.1 Å². The Balaban J connectivity index is 2.18. The van der Waals surface area contributed by atoms with Crippen molar-refractivity contribution >= 4 is 29.0 Å². The molecule has 0 radical (unpaired) electrons. The lowest BCUT2D eigenvalue weighted by Crippen LogP contribution is -2.11. The van der Waals surface area contributed by atoms with E-state index >= 15 is 0 Å². The van der Waals surface area contributed by atoms with E-state index in [4.69, 9.17) is 23.2 Å². The zero-order valence-corrected chi connectivity index (χ0v) is 10.7. The third kappa shape index (κ3) is 2.41. The maximum Gasteiger partial charge on any atom is 0.166 e. The molecule has 0 aromatic heterocycles. The second-order valence-electron chi connectivity index (χ2n) is 4.61. The molecule has 16 heavy (non-hydrogen) atoms. The maximum atomic E-state index is 12.2. The molecule has 1 fully saturated rings. The molecule has 0 amide bonds. The van der Waals surface area contributed by atoms with Crippen molar-refractivity contribution in [2.24, 2.45) is 11.8 Å². The van der Waals surface area contributed by atoms with Gasteiger partial charge in [0.15, 0.2) is 5.78 Å². The Kier molecular flexibility index (Phi) is 3.56. The van der Waals surface area contributed by atoms with Crippen LogP contribution in [0.3, 0.4) is 0 Å². The van der Waals surface area contributed by atoms with Crippen molar-refractivity contribution in [3.63, 3.8) is 0 Å². The van der Waals surface area contributed by atoms with Gasteiger partial charge in [0.25, 0.3) is 0 Å². The maximum absolute atomic E-state index is 12.2. The van der Waals surface area contributed by atoms with Crippen LogP contribution >= 0.6 is 23.2 Å². The molecule has 86 valence electrons. The summed E-state index contributed by atoms with van der Waals surface area (Å²) in [5.74, 6) is 1.05. The minimum atomic E-state index is 0.173. The van der Waals surface area contributed by atoms with E-state index in [1.165, 1.54) is 0 Å². The monoisotopic (exact) mass is 256 g/mol. The van der Waals surface area contributed by atoms with Gasteiger partial charge in [-0.25, -0.2) is 0 Å². The predicted octanol–water partition coefficient (Wildman–Crippen LogP) is 4.61. The Morgan fingerprint density at radius 1 is 1.25 bits per heavy atom. The van der Waals surface area contributed by atoms with Gasteiger partial charge >= 0.3 is 0 Å². The first-order valence-electron chi connectivity index (χ1n) is 5.57. The Bertz CT molecular complexity index is 414. The van der Waals surface area contributed by atoms with Crippen molar-refractivity contribution in [3.05, 3.63) is 33.8 Å². The minimum Gasteiger partial charge on any atom is -0.294 e. The van der Waals surface area contributed by atoms with Crippen LogP contribution < -0.4 is 0 Å². The molecule has 2 unspecified atom stereocenters. The number of benzene rings is 1. The smallest absolute Gasteiger partial charge is 0.166 e. The first-order chi connectivity index (χ1) is 7.58. The van der Waals surface area contributed by atoms with E-state index in [0.717, 1.165) is 19.3 Å². The number of Topliss-reactive ketones (excluding diaryl/α,β-unsaturated/α-hetero) is 1. The van der Waals surface area contributed by atoms with Crippen molar-refractivity contribution < 1.29 is 4.79 Å². The highest BCUT2D eigenvalue weighted by atomic mass is 35.5. The number of halogens is 2. The average Bonchev–Trinajstić information content (AvgIpc) is 2.68. The molecule has 1 nitrogen and oxygen atoms in total. The normalized spacial score (nSPS) is 24.7. The summed E-state index contributed by atoms with van der Waals surface area (Å²) in [6.45, 7) is 2.20. The standard InChI is InChI=1S/C13H14Cl2O/c1-8-2-3-9(6-8)13(16)10-4-5-11(14)12(15)7-10/h4-5,7-9H,2-3,6H2,1H3. The van der Waals surface area contributed by atoms with Gasteiger partial charge in [0, 0.05) is 11.5 Å². The highest BCUT2D eigenvalue weighted by Gasteiger charge is 2.28. The lowest BCUT2D eigenvalue weighted by atomic mass is 9.95. The summed E-state index contributed by atoms with van der Waals surface area (Å²) in [4.78, 5) is 12.2. The summed E-state index contributed by atoms with van der Waals surface area (Å²) in [5.41, 5.74) is 0.688. The van der Waals surface area contributed by atoms with Gasteiger partial charge in [0.1, 0.15) is 0 Å². The third-order valence-corrected chi connectivity index (χ3v) is 4.01. The summed E-state index contributed by atoms with van der Waals surface area (Å²) >= 11 is 11.7. The molecule has 3 heteroatoms. The second kappa shape index (κ2) is 4.77. The van der Waals surface area contributed by atoms with E-state index in [1.54, 1.807) is 18.2 Å². The Morgan fingerprint density at radius 3 is 2.56 bits per heavy atom. The number of hydrogen-bond acceptors (Lipinski definition) is 1. The molecule has 0 saturated heterocycles. The van der Waals surface area contributed by atoms with Crippen LogP contribution in [-0.2, 0) is 0 Å². The first-order valence-corrected chi connectivity index (χ1v) is 6.33. The Morgan fingerprint density at radius 2 is 2.00 bits per heavy atom. The number of carbonyl (C=O) groups is 1.